The summed E-state index contributed by atoms with van der Waals surface area (Å²) in [5.74, 6) is 0.973. The Labute approximate surface area is 129 Å². The number of hydrogen-bond acceptors (Lipinski definition) is 3. The molecular weight excluding hydrogens is 314 g/mol. The van der Waals surface area contributed by atoms with Crippen LogP contribution >= 0.6 is 15.9 Å². The summed E-state index contributed by atoms with van der Waals surface area (Å²) in [5.41, 5.74) is 10.5. The van der Waals surface area contributed by atoms with Gasteiger partial charge in [0.05, 0.1) is 0 Å². The zero-order chi connectivity index (χ0) is 14.7. The summed E-state index contributed by atoms with van der Waals surface area (Å²) in [6, 6.07) is 10.3. The molecule has 0 aliphatic heterocycles. The summed E-state index contributed by atoms with van der Waals surface area (Å²) in [4.78, 5) is 6.82. The van der Waals surface area contributed by atoms with Crippen LogP contribution in [0.15, 0.2) is 34.8 Å². The predicted octanol–water partition coefficient (Wildman–Crippen LogP) is 3.56. The summed E-state index contributed by atoms with van der Waals surface area (Å²) in [7, 11) is 2.06. The fourth-order valence-corrected chi connectivity index (χ4v) is 2.78. The van der Waals surface area contributed by atoms with Gasteiger partial charge in [-0.3, -0.25) is 0 Å². The number of nitrogens with two attached hydrogens (primary N) is 1. The van der Waals surface area contributed by atoms with E-state index in [4.69, 9.17) is 5.73 Å². The Morgan fingerprint density at radius 2 is 1.95 bits per heavy atom. The smallest absolute Gasteiger partial charge is 0.133 e. The van der Waals surface area contributed by atoms with Crippen molar-refractivity contribution in [1.82, 2.24) is 4.98 Å². The Bertz CT molecular complexity index is 611. The van der Waals surface area contributed by atoms with E-state index in [0.717, 1.165) is 28.1 Å². The van der Waals surface area contributed by atoms with Gasteiger partial charge in [-0.2, -0.15) is 0 Å². The van der Waals surface area contributed by atoms with Crippen LogP contribution in [0.25, 0.3) is 0 Å². The van der Waals surface area contributed by atoms with Crippen LogP contribution in [0.5, 0.6) is 0 Å². The molecule has 3 nitrogen and oxygen atoms in total. The highest BCUT2D eigenvalue weighted by atomic mass is 79.9. The SMILES string of the molecule is Cc1cc(C)c(CN)c(N(C)Cc2ccccc2Br)n1. The van der Waals surface area contributed by atoms with Gasteiger partial charge in [-0.05, 0) is 37.1 Å². The molecule has 0 spiro atoms. The van der Waals surface area contributed by atoms with Gasteiger partial charge in [0.2, 0.25) is 0 Å². The molecule has 0 aliphatic carbocycles. The first kappa shape index (κ1) is 15.0. The Kier molecular flexibility index (Phi) is 4.78. The Hall–Kier alpha value is -1.39. The molecule has 1 aromatic heterocycles. The molecule has 0 unspecified atom stereocenters. The summed E-state index contributed by atoms with van der Waals surface area (Å²) >= 11 is 3.59. The highest BCUT2D eigenvalue weighted by Crippen LogP contribution is 2.24. The van der Waals surface area contributed by atoms with Crippen LogP contribution in [0.2, 0.25) is 0 Å². The van der Waals surface area contributed by atoms with Gasteiger partial charge in [-0.25, -0.2) is 4.98 Å². The molecule has 2 N–H and O–H groups in total. The lowest BCUT2D eigenvalue weighted by molar-refractivity contribution is 0.862. The molecule has 2 rings (SSSR count). The average Bonchev–Trinajstić information content (AvgIpc) is 2.40. The summed E-state index contributed by atoms with van der Waals surface area (Å²) in [6.07, 6.45) is 0. The van der Waals surface area contributed by atoms with Gasteiger partial charge in [-0.15, -0.1) is 0 Å². The monoisotopic (exact) mass is 333 g/mol. The predicted molar refractivity (Wildman–Crippen MR) is 87.9 cm³/mol. The van der Waals surface area contributed by atoms with E-state index in [1.54, 1.807) is 0 Å². The maximum absolute atomic E-state index is 5.89. The number of hydrogen-bond donors (Lipinski definition) is 1. The summed E-state index contributed by atoms with van der Waals surface area (Å²) < 4.78 is 1.12. The number of aromatic nitrogens is 1. The molecule has 0 amide bonds. The van der Waals surface area contributed by atoms with E-state index in [-0.39, 0.29) is 0 Å². The topological polar surface area (TPSA) is 42.1 Å². The quantitative estimate of drug-likeness (QED) is 0.930. The lowest BCUT2D eigenvalue weighted by Crippen LogP contribution is -2.21. The first-order valence-electron chi connectivity index (χ1n) is 6.64. The van der Waals surface area contributed by atoms with E-state index in [9.17, 15) is 0 Å². The number of nitrogens with zero attached hydrogens (tertiary/aromatic N) is 2. The van der Waals surface area contributed by atoms with Crippen LogP contribution in [0.1, 0.15) is 22.4 Å². The number of anilines is 1. The first-order chi connectivity index (χ1) is 9.52. The van der Waals surface area contributed by atoms with Gasteiger partial charge in [0, 0.05) is 35.9 Å². The highest BCUT2D eigenvalue weighted by molar-refractivity contribution is 9.10. The Morgan fingerprint density at radius 3 is 2.60 bits per heavy atom. The maximum atomic E-state index is 5.89. The van der Waals surface area contributed by atoms with Crippen LogP contribution < -0.4 is 10.6 Å². The first-order valence-corrected chi connectivity index (χ1v) is 7.44. The number of rotatable bonds is 4. The van der Waals surface area contributed by atoms with Crippen molar-refractivity contribution >= 4 is 21.7 Å². The molecule has 0 bridgehead atoms. The molecule has 1 heterocycles. The largest absolute Gasteiger partial charge is 0.355 e. The van der Waals surface area contributed by atoms with Crippen LogP contribution in [-0.2, 0) is 13.1 Å². The van der Waals surface area contributed by atoms with Crippen molar-refractivity contribution in [2.45, 2.75) is 26.9 Å². The van der Waals surface area contributed by atoms with Crippen molar-refractivity contribution in [2.75, 3.05) is 11.9 Å². The van der Waals surface area contributed by atoms with Crippen LogP contribution in [0.4, 0.5) is 5.82 Å². The molecule has 1 aromatic carbocycles. The molecular formula is C16H20BrN3. The molecule has 0 saturated carbocycles. The number of aryl methyl sites for hydroxylation is 2. The molecule has 0 atom stereocenters. The second-order valence-corrected chi connectivity index (χ2v) is 5.89. The highest BCUT2D eigenvalue weighted by Gasteiger charge is 2.13. The van der Waals surface area contributed by atoms with Gasteiger partial charge < -0.3 is 10.6 Å². The summed E-state index contributed by atoms with van der Waals surface area (Å²) in [6.45, 7) is 5.41. The third-order valence-corrected chi connectivity index (χ3v) is 4.16. The van der Waals surface area contributed by atoms with Crippen molar-refractivity contribution in [3.05, 3.63) is 57.2 Å². The van der Waals surface area contributed by atoms with E-state index in [1.807, 2.05) is 19.1 Å². The molecule has 0 saturated heterocycles. The van der Waals surface area contributed by atoms with Gasteiger partial charge in [0.15, 0.2) is 0 Å². The van der Waals surface area contributed by atoms with Crippen molar-refractivity contribution in [2.24, 2.45) is 5.73 Å². The van der Waals surface area contributed by atoms with Gasteiger partial charge >= 0.3 is 0 Å². The second-order valence-electron chi connectivity index (χ2n) is 5.03. The minimum atomic E-state index is 0.509. The Morgan fingerprint density at radius 1 is 1.25 bits per heavy atom. The van der Waals surface area contributed by atoms with Crippen LogP contribution in [-0.4, -0.2) is 12.0 Å². The lowest BCUT2D eigenvalue weighted by atomic mass is 10.1. The van der Waals surface area contributed by atoms with Crippen molar-refractivity contribution < 1.29 is 0 Å². The van der Waals surface area contributed by atoms with E-state index in [2.05, 4.69) is 58.0 Å². The van der Waals surface area contributed by atoms with E-state index in [1.165, 1.54) is 11.1 Å². The van der Waals surface area contributed by atoms with Gasteiger partial charge in [0.25, 0.3) is 0 Å². The fourth-order valence-electron chi connectivity index (χ4n) is 2.37. The average molecular weight is 334 g/mol. The van der Waals surface area contributed by atoms with Crippen LogP contribution in [0.3, 0.4) is 0 Å². The van der Waals surface area contributed by atoms with Crippen LogP contribution in [0, 0.1) is 13.8 Å². The minimum Gasteiger partial charge on any atom is -0.355 e. The minimum absolute atomic E-state index is 0.509. The molecule has 20 heavy (non-hydrogen) atoms. The molecule has 2 aromatic rings. The molecule has 4 heteroatoms. The third kappa shape index (κ3) is 3.19. The maximum Gasteiger partial charge on any atom is 0.133 e. The molecule has 0 fully saturated rings. The zero-order valence-electron chi connectivity index (χ0n) is 12.2. The normalized spacial score (nSPS) is 10.7. The molecule has 0 aliphatic rings. The van der Waals surface area contributed by atoms with Crippen molar-refractivity contribution in [3.63, 3.8) is 0 Å². The zero-order valence-corrected chi connectivity index (χ0v) is 13.7. The van der Waals surface area contributed by atoms with Gasteiger partial charge in [-0.1, -0.05) is 34.1 Å². The second kappa shape index (κ2) is 6.37. The number of benzene rings is 1. The van der Waals surface area contributed by atoms with Gasteiger partial charge in [0.1, 0.15) is 5.82 Å². The van der Waals surface area contributed by atoms with E-state index >= 15 is 0 Å². The van der Waals surface area contributed by atoms with E-state index < -0.39 is 0 Å². The van der Waals surface area contributed by atoms with Crippen molar-refractivity contribution in [1.29, 1.82) is 0 Å². The van der Waals surface area contributed by atoms with E-state index in [0.29, 0.717) is 6.54 Å². The molecule has 106 valence electrons. The number of pyridine rings is 1. The Balaban J connectivity index is 2.34. The summed E-state index contributed by atoms with van der Waals surface area (Å²) in [5, 5.41) is 0. The molecule has 0 radical (unpaired) electrons. The van der Waals surface area contributed by atoms with Crippen molar-refractivity contribution in [3.8, 4) is 0 Å². The lowest BCUT2D eigenvalue weighted by Gasteiger charge is -2.23. The third-order valence-electron chi connectivity index (χ3n) is 3.38. The standard InChI is InChI=1S/C16H20BrN3/c1-11-8-12(2)19-16(14(11)9-18)20(3)10-13-6-4-5-7-15(13)17/h4-8H,9-10,18H2,1-3H3. The fraction of sp³-hybridized carbons (Fsp3) is 0.312. The number of halogens is 1.